The number of aliphatic hydroxyl groups excluding tert-OH is 1. The maximum Gasteiger partial charge on any atom is 0.312 e. The van der Waals surface area contributed by atoms with Crippen LogP contribution in [0, 0.1) is 29.6 Å². The Balaban J connectivity index is 2.60. The zero-order valence-electron chi connectivity index (χ0n) is 16.2. The molecule has 1 aliphatic heterocycles. The third kappa shape index (κ3) is 4.92. The molecular weight excluding hydrogens is 304 g/mol. The molecule has 1 heterocycles. The van der Waals surface area contributed by atoms with Gasteiger partial charge in [-0.3, -0.25) is 9.59 Å². The molecule has 0 spiro atoms. The number of hydrogen-bond donors (Lipinski definition) is 1. The number of allylic oxidation sites excluding steroid dienone is 2. The minimum Gasteiger partial charge on any atom is -0.461 e. The lowest BCUT2D eigenvalue weighted by Gasteiger charge is -2.37. The van der Waals surface area contributed by atoms with Crippen LogP contribution in [-0.4, -0.2) is 29.1 Å². The van der Waals surface area contributed by atoms with Gasteiger partial charge in [-0.05, 0) is 43.6 Å². The third-order valence-electron chi connectivity index (χ3n) is 5.50. The number of rotatable bonds is 9. The molecule has 2 unspecified atom stereocenters. The summed E-state index contributed by atoms with van der Waals surface area (Å²) >= 11 is 0. The summed E-state index contributed by atoms with van der Waals surface area (Å²) in [4.78, 5) is 23.7. The van der Waals surface area contributed by atoms with Gasteiger partial charge in [0, 0.05) is 5.92 Å². The Hall–Kier alpha value is -1.16. The van der Waals surface area contributed by atoms with E-state index in [2.05, 4.69) is 13.8 Å². The van der Waals surface area contributed by atoms with Gasteiger partial charge >= 0.3 is 5.97 Å². The second-order valence-corrected chi connectivity index (χ2v) is 7.76. The highest BCUT2D eigenvalue weighted by molar-refractivity contribution is 5.96. The van der Waals surface area contributed by atoms with Crippen LogP contribution in [0.4, 0.5) is 0 Å². The molecule has 4 nitrogen and oxygen atoms in total. The predicted octanol–water partition coefficient (Wildman–Crippen LogP) is 3.77. The van der Waals surface area contributed by atoms with Crippen molar-refractivity contribution in [1.82, 2.24) is 0 Å². The molecule has 0 bridgehead atoms. The van der Waals surface area contributed by atoms with Gasteiger partial charge in [0.1, 0.15) is 6.10 Å². The Morgan fingerprint density at radius 1 is 1.29 bits per heavy atom. The Morgan fingerprint density at radius 2 is 1.88 bits per heavy atom. The quantitative estimate of drug-likeness (QED) is 0.513. The molecule has 4 heteroatoms. The fourth-order valence-electron chi connectivity index (χ4n) is 3.56. The van der Waals surface area contributed by atoms with Crippen molar-refractivity contribution in [2.45, 2.75) is 73.5 Å². The first-order valence-corrected chi connectivity index (χ1v) is 9.21. The SMILES string of the molecule is CC[C@H](C)[C@@H](O)[C@H](C)C(=O)C(C)=CC(C)C[C@H](C)C1OC(=O)[C@H]1C. The molecule has 1 saturated heterocycles. The maximum atomic E-state index is 12.5. The fraction of sp³-hybridized carbons (Fsp3) is 0.800. The summed E-state index contributed by atoms with van der Waals surface area (Å²) in [5.41, 5.74) is 0.711. The van der Waals surface area contributed by atoms with E-state index in [1.54, 1.807) is 6.92 Å². The van der Waals surface area contributed by atoms with Crippen LogP contribution in [0.3, 0.4) is 0 Å². The molecule has 0 saturated carbocycles. The molecule has 1 fully saturated rings. The van der Waals surface area contributed by atoms with E-state index < -0.39 is 6.10 Å². The van der Waals surface area contributed by atoms with Gasteiger partial charge in [-0.25, -0.2) is 0 Å². The van der Waals surface area contributed by atoms with Gasteiger partial charge in [0.05, 0.1) is 12.0 Å². The van der Waals surface area contributed by atoms with E-state index >= 15 is 0 Å². The average molecular weight is 338 g/mol. The molecule has 0 aliphatic carbocycles. The number of aliphatic hydroxyl groups is 1. The van der Waals surface area contributed by atoms with E-state index in [1.807, 2.05) is 33.8 Å². The van der Waals surface area contributed by atoms with Crippen LogP contribution in [0.25, 0.3) is 0 Å². The first-order valence-electron chi connectivity index (χ1n) is 9.21. The average Bonchev–Trinajstić information content (AvgIpc) is 2.55. The van der Waals surface area contributed by atoms with Crippen LogP contribution >= 0.6 is 0 Å². The van der Waals surface area contributed by atoms with E-state index in [0.29, 0.717) is 5.57 Å². The van der Waals surface area contributed by atoms with E-state index in [4.69, 9.17) is 4.74 Å². The Morgan fingerprint density at radius 3 is 2.33 bits per heavy atom. The number of esters is 1. The molecule has 1 N–H and O–H groups in total. The minimum absolute atomic E-state index is 0.00416. The number of cyclic esters (lactones) is 1. The Labute approximate surface area is 146 Å². The van der Waals surface area contributed by atoms with Crippen molar-refractivity contribution in [3.63, 3.8) is 0 Å². The van der Waals surface area contributed by atoms with E-state index in [-0.39, 0.29) is 47.4 Å². The summed E-state index contributed by atoms with van der Waals surface area (Å²) in [6.07, 6.45) is 3.11. The Bertz CT molecular complexity index is 482. The van der Waals surface area contributed by atoms with Crippen molar-refractivity contribution < 1.29 is 19.4 Å². The highest BCUT2D eigenvalue weighted by Gasteiger charge is 2.42. The molecule has 1 aliphatic rings. The Kier molecular flexibility index (Phi) is 7.65. The van der Waals surface area contributed by atoms with Gasteiger partial charge < -0.3 is 9.84 Å². The van der Waals surface area contributed by atoms with Crippen molar-refractivity contribution in [3.05, 3.63) is 11.6 Å². The number of carbonyl (C=O) groups is 2. The highest BCUT2D eigenvalue weighted by atomic mass is 16.6. The summed E-state index contributed by atoms with van der Waals surface area (Å²) in [5.74, 6) is 0.111. The monoisotopic (exact) mass is 338 g/mol. The lowest BCUT2D eigenvalue weighted by Crippen LogP contribution is -2.47. The van der Waals surface area contributed by atoms with Gasteiger partial charge in [-0.2, -0.15) is 0 Å². The summed E-state index contributed by atoms with van der Waals surface area (Å²) in [6, 6.07) is 0. The molecule has 0 aromatic heterocycles. The number of ketones is 1. The first-order chi connectivity index (χ1) is 11.1. The zero-order chi connectivity index (χ0) is 18.6. The van der Waals surface area contributed by atoms with Gasteiger partial charge in [0.15, 0.2) is 5.78 Å². The smallest absolute Gasteiger partial charge is 0.312 e. The van der Waals surface area contributed by atoms with Crippen LogP contribution in [0.5, 0.6) is 0 Å². The first kappa shape index (κ1) is 20.9. The molecule has 0 aromatic carbocycles. The summed E-state index contributed by atoms with van der Waals surface area (Å²) < 4.78 is 5.22. The molecule has 138 valence electrons. The van der Waals surface area contributed by atoms with Crippen molar-refractivity contribution in [1.29, 1.82) is 0 Å². The highest BCUT2D eigenvalue weighted by Crippen LogP contribution is 2.32. The summed E-state index contributed by atoms with van der Waals surface area (Å²) in [5, 5.41) is 10.3. The van der Waals surface area contributed by atoms with Crippen LogP contribution < -0.4 is 0 Å². The number of Topliss-reactive ketones (excluding diaryl/α,β-unsaturated/α-hetero) is 1. The van der Waals surface area contributed by atoms with Gasteiger partial charge in [-0.15, -0.1) is 0 Å². The lowest BCUT2D eigenvalue weighted by molar-refractivity contribution is -0.189. The van der Waals surface area contributed by atoms with Crippen molar-refractivity contribution >= 4 is 11.8 Å². The fourth-order valence-corrected chi connectivity index (χ4v) is 3.56. The zero-order valence-corrected chi connectivity index (χ0v) is 16.2. The standard InChI is InChI=1S/C20H34O4/c1-8-12(3)17(21)15(6)18(22)13(4)9-11(2)10-14(5)19-16(7)20(23)24-19/h9,11-12,14-17,19,21H,8,10H2,1-7H3/t11?,12-,14-,15-,16-,17+,19?/m0/s1. The van der Waals surface area contributed by atoms with Crippen LogP contribution in [-0.2, 0) is 14.3 Å². The van der Waals surface area contributed by atoms with E-state index in [0.717, 1.165) is 12.8 Å². The largest absolute Gasteiger partial charge is 0.461 e. The molecular formula is C20H34O4. The second kappa shape index (κ2) is 8.80. The number of hydrogen-bond acceptors (Lipinski definition) is 4. The third-order valence-corrected chi connectivity index (χ3v) is 5.50. The van der Waals surface area contributed by atoms with Gasteiger partial charge in [-0.1, -0.05) is 47.1 Å². The molecule has 1 rings (SSSR count). The summed E-state index contributed by atoms with van der Waals surface area (Å²) in [6.45, 7) is 13.7. The van der Waals surface area contributed by atoms with Crippen LogP contribution in [0.2, 0.25) is 0 Å². The summed E-state index contributed by atoms with van der Waals surface area (Å²) in [7, 11) is 0. The van der Waals surface area contributed by atoms with Crippen molar-refractivity contribution in [3.8, 4) is 0 Å². The van der Waals surface area contributed by atoms with Crippen LogP contribution in [0.15, 0.2) is 11.6 Å². The normalized spacial score (nSPS) is 27.5. The molecule has 0 aromatic rings. The van der Waals surface area contributed by atoms with Gasteiger partial charge in [0.25, 0.3) is 0 Å². The van der Waals surface area contributed by atoms with Crippen molar-refractivity contribution in [2.24, 2.45) is 29.6 Å². The van der Waals surface area contributed by atoms with E-state index in [9.17, 15) is 14.7 Å². The molecule has 7 atom stereocenters. The topological polar surface area (TPSA) is 63.6 Å². The number of carbonyl (C=O) groups excluding carboxylic acids is 2. The van der Waals surface area contributed by atoms with Gasteiger partial charge in [0.2, 0.25) is 0 Å². The molecule has 24 heavy (non-hydrogen) atoms. The lowest BCUT2D eigenvalue weighted by atomic mass is 9.82. The predicted molar refractivity (Wildman–Crippen MR) is 95.4 cm³/mol. The minimum atomic E-state index is -0.602. The maximum absolute atomic E-state index is 12.5. The molecule has 0 radical (unpaired) electrons. The number of ether oxygens (including phenoxy) is 1. The van der Waals surface area contributed by atoms with Crippen LogP contribution in [0.1, 0.15) is 61.3 Å². The van der Waals surface area contributed by atoms with Crippen molar-refractivity contribution in [2.75, 3.05) is 0 Å². The molecule has 0 amide bonds. The second-order valence-electron chi connectivity index (χ2n) is 7.76. The van der Waals surface area contributed by atoms with E-state index in [1.165, 1.54) is 0 Å².